The van der Waals surface area contributed by atoms with Crippen molar-refractivity contribution in [3.05, 3.63) is 34.6 Å². The zero-order chi connectivity index (χ0) is 21.0. The van der Waals surface area contributed by atoms with Crippen LogP contribution in [0.5, 0.6) is 0 Å². The highest BCUT2D eigenvalue weighted by atomic mass is 127. The lowest BCUT2D eigenvalue weighted by atomic mass is 10.2. The Kier molecular flexibility index (Phi) is 8.52. The number of guanidine groups is 1. The van der Waals surface area contributed by atoms with Crippen LogP contribution >= 0.6 is 35.6 Å². The number of hydrogen-bond donors (Lipinski definition) is 2. The second-order valence-corrected chi connectivity index (χ2v) is 6.94. The summed E-state index contributed by atoms with van der Waals surface area (Å²) in [4.78, 5) is 14.3. The first kappa shape index (κ1) is 24.4. The molecule has 0 aromatic carbocycles. The Morgan fingerprint density at radius 3 is 2.80 bits per heavy atom. The molecule has 2 aromatic heterocycles. The molecule has 0 radical (unpaired) electrons. The standard InChI is InChI=1S/C17H21ClF3N7O.HI/c1-3-22-16(24-8-14-25-10(2)27-29-14)26-12-4-5-28(9-12)15-13(18)6-11(7-23-15)17(19,20)21;/h6-7,12H,3-5,8-9H2,1-2H3,(H2,22,24,26);1H. The van der Waals surface area contributed by atoms with Gasteiger partial charge in [-0.05, 0) is 26.3 Å². The molecule has 30 heavy (non-hydrogen) atoms. The van der Waals surface area contributed by atoms with Gasteiger partial charge < -0.3 is 20.1 Å². The molecule has 3 rings (SSSR count). The molecule has 166 valence electrons. The summed E-state index contributed by atoms with van der Waals surface area (Å²) >= 11 is 6.05. The fraction of sp³-hybridized carbons (Fsp3) is 0.529. The molecule has 0 aliphatic carbocycles. The molecule has 0 amide bonds. The molecule has 1 aliphatic rings. The van der Waals surface area contributed by atoms with E-state index in [0.717, 1.165) is 18.7 Å². The molecule has 1 fully saturated rings. The van der Waals surface area contributed by atoms with E-state index >= 15 is 0 Å². The number of alkyl halides is 3. The van der Waals surface area contributed by atoms with Gasteiger partial charge in [0.15, 0.2) is 11.8 Å². The average molecular weight is 560 g/mol. The predicted octanol–water partition coefficient (Wildman–Crippen LogP) is 3.40. The number of rotatable bonds is 5. The summed E-state index contributed by atoms with van der Waals surface area (Å²) in [5, 5.41) is 10.1. The molecular formula is C17H22ClF3IN7O. The Hall–Kier alpha value is -1.83. The zero-order valence-corrected chi connectivity index (χ0v) is 19.4. The Labute approximate surface area is 193 Å². The molecule has 1 aliphatic heterocycles. The Balaban J connectivity index is 0.00000320. The summed E-state index contributed by atoms with van der Waals surface area (Å²) in [6.45, 7) is 5.71. The minimum absolute atomic E-state index is 0. The zero-order valence-electron chi connectivity index (χ0n) is 16.3. The van der Waals surface area contributed by atoms with Crippen LogP contribution in [0.2, 0.25) is 5.02 Å². The van der Waals surface area contributed by atoms with E-state index in [1.54, 1.807) is 6.92 Å². The van der Waals surface area contributed by atoms with Crippen LogP contribution in [0, 0.1) is 6.92 Å². The lowest BCUT2D eigenvalue weighted by Gasteiger charge is -2.21. The first-order valence-electron chi connectivity index (χ1n) is 9.08. The number of nitrogens with one attached hydrogen (secondary N) is 2. The molecule has 0 spiro atoms. The van der Waals surface area contributed by atoms with Crippen molar-refractivity contribution in [1.82, 2.24) is 25.8 Å². The van der Waals surface area contributed by atoms with Crippen LogP contribution in [-0.2, 0) is 12.7 Å². The highest BCUT2D eigenvalue weighted by molar-refractivity contribution is 14.0. The number of aromatic nitrogens is 3. The van der Waals surface area contributed by atoms with Crippen LogP contribution < -0.4 is 15.5 Å². The summed E-state index contributed by atoms with van der Waals surface area (Å²) in [5.74, 6) is 1.88. The van der Waals surface area contributed by atoms with E-state index in [4.69, 9.17) is 16.1 Å². The third kappa shape index (κ3) is 6.33. The van der Waals surface area contributed by atoms with Crippen molar-refractivity contribution in [3.8, 4) is 0 Å². The third-order valence-corrected chi connectivity index (χ3v) is 4.54. The van der Waals surface area contributed by atoms with Crippen molar-refractivity contribution in [2.45, 2.75) is 39.0 Å². The van der Waals surface area contributed by atoms with Crippen molar-refractivity contribution < 1.29 is 17.7 Å². The number of nitrogens with zero attached hydrogens (tertiary/aromatic N) is 5. The molecule has 0 bridgehead atoms. The van der Waals surface area contributed by atoms with Gasteiger partial charge in [0.1, 0.15) is 12.4 Å². The fourth-order valence-electron chi connectivity index (χ4n) is 2.95. The fourth-order valence-corrected chi connectivity index (χ4v) is 3.24. The highest BCUT2D eigenvalue weighted by Gasteiger charge is 2.33. The summed E-state index contributed by atoms with van der Waals surface area (Å²) < 4.78 is 43.4. The molecule has 1 saturated heterocycles. The molecule has 1 atom stereocenters. The van der Waals surface area contributed by atoms with Gasteiger partial charge >= 0.3 is 6.18 Å². The second-order valence-electron chi connectivity index (χ2n) is 6.53. The van der Waals surface area contributed by atoms with Gasteiger partial charge in [-0.15, -0.1) is 24.0 Å². The largest absolute Gasteiger partial charge is 0.417 e. The van der Waals surface area contributed by atoms with Crippen LogP contribution in [0.3, 0.4) is 0 Å². The number of hydrogen-bond acceptors (Lipinski definition) is 6. The van der Waals surface area contributed by atoms with E-state index in [-0.39, 0.29) is 41.6 Å². The van der Waals surface area contributed by atoms with E-state index in [2.05, 4.69) is 30.8 Å². The van der Waals surface area contributed by atoms with Crippen LogP contribution in [0.4, 0.5) is 19.0 Å². The monoisotopic (exact) mass is 559 g/mol. The molecule has 13 heteroatoms. The number of aryl methyl sites for hydroxylation is 1. The van der Waals surface area contributed by atoms with Crippen molar-refractivity contribution in [1.29, 1.82) is 0 Å². The molecular weight excluding hydrogens is 538 g/mol. The maximum atomic E-state index is 12.8. The lowest BCUT2D eigenvalue weighted by molar-refractivity contribution is -0.137. The van der Waals surface area contributed by atoms with Gasteiger partial charge in [0.2, 0.25) is 5.89 Å². The topological polar surface area (TPSA) is 91.5 Å². The van der Waals surface area contributed by atoms with Gasteiger partial charge in [-0.1, -0.05) is 16.8 Å². The maximum Gasteiger partial charge on any atom is 0.417 e. The molecule has 2 aromatic rings. The van der Waals surface area contributed by atoms with Crippen LogP contribution in [0.15, 0.2) is 21.8 Å². The van der Waals surface area contributed by atoms with Crippen molar-refractivity contribution in [3.63, 3.8) is 0 Å². The van der Waals surface area contributed by atoms with Gasteiger partial charge in [-0.2, -0.15) is 18.2 Å². The van der Waals surface area contributed by atoms with Crippen molar-refractivity contribution in [2.75, 3.05) is 24.5 Å². The van der Waals surface area contributed by atoms with Crippen LogP contribution in [0.1, 0.15) is 30.6 Å². The van der Waals surface area contributed by atoms with E-state index in [0.29, 0.717) is 43.1 Å². The molecule has 8 nitrogen and oxygen atoms in total. The van der Waals surface area contributed by atoms with Gasteiger partial charge in [0.05, 0.1) is 10.6 Å². The third-order valence-electron chi connectivity index (χ3n) is 4.26. The summed E-state index contributed by atoms with van der Waals surface area (Å²) in [6.07, 6.45) is -2.92. The van der Waals surface area contributed by atoms with E-state index in [1.165, 1.54) is 0 Å². The van der Waals surface area contributed by atoms with Gasteiger partial charge in [0, 0.05) is 31.9 Å². The second kappa shape index (κ2) is 10.5. The molecule has 2 N–H and O–H groups in total. The quantitative estimate of drug-likeness (QED) is 0.330. The van der Waals surface area contributed by atoms with Gasteiger partial charge in [-0.25, -0.2) is 9.98 Å². The number of halogens is 5. The van der Waals surface area contributed by atoms with Crippen LogP contribution in [-0.4, -0.2) is 46.8 Å². The first-order chi connectivity index (χ1) is 13.8. The van der Waals surface area contributed by atoms with Crippen molar-refractivity contribution >= 4 is 47.4 Å². The Morgan fingerprint density at radius 1 is 1.43 bits per heavy atom. The molecule has 1 unspecified atom stereocenters. The molecule has 0 saturated carbocycles. The lowest BCUT2D eigenvalue weighted by Crippen LogP contribution is -2.44. The van der Waals surface area contributed by atoms with Gasteiger partial charge in [0.25, 0.3) is 0 Å². The summed E-state index contributed by atoms with van der Waals surface area (Å²) in [7, 11) is 0. The number of aliphatic imine (C=N–C) groups is 1. The first-order valence-corrected chi connectivity index (χ1v) is 9.45. The predicted molar refractivity (Wildman–Crippen MR) is 117 cm³/mol. The van der Waals surface area contributed by atoms with Gasteiger partial charge in [-0.3, -0.25) is 0 Å². The van der Waals surface area contributed by atoms with E-state index < -0.39 is 11.7 Å². The van der Waals surface area contributed by atoms with E-state index in [9.17, 15) is 13.2 Å². The summed E-state index contributed by atoms with van der Waals surface area (Å²) in [6, 6.07) is 0.931. The Morgan fingerprint density at radius 2 is 2.20 bits per heavy atom. The number of pyridine rings is 1. The van der Waals surface area contributed by atoms with Crippen LogP contribution in [0.25, 0.3) is 0 Å². The van der Waals surface area contributed by atoms with E-state index in [1.807, 2.05) is 11.8 Å². The normalized spacial score (nSPS) is 17.1. The Bertz CT molecular complexity index is 877. The van der Waals surface area contributed by atoms with Crippen molar-refractivity contribution in [2.24, 2.45) is 4.99 Å². The minimum Gasteiger partial charge on any atom is -0.357 e. The SMILES string of the molecule is CCNC(=NCc1nc(C)no1)NC1CCN(c2ncc(C(F)(F)F)cc2Cl)C1.I. The average Bonchev–Trinajstić information content (AvgIpc) is 3.28. The molecule has 3 heterocycles. The number of anilines is 1. The minimum atomic E-state index is -4.47. The maximum absolute atomic E-state index is 12.8. The highest BCUT2D eigenvalue weighted by Crippen LogP contribution is 2.34. The smallest absolute Gasteiger partial charge is 0.357 e. The summed E-state index contributed by atoms with van der Waals surface area (Å²) in [5.41, 5.74) is -0.863.